The predicted molar refractivity (Wildman–Crippen MR) is 66.3 cm³/mol. The van der Waals surface area contributed by atoms with E-state index in [4.69, 9.17) is 4.74 Å². The Bertz CT molecular complexity index is 400. The Morgan fingerprint density at radius 1 is 1.56 bits per heavy atom. The molecule has 1 aromatic carbocycles. The van der Waals surface area contributed by atoms with E-state index in [1.165, 1.54) is 7.11 Å². The molecule has 3 N–H and O–H groups in total. The molecule has 1 aromatic rings. The van der Waals surface area contributed by atoms with Gasteiger partial charge in [-0.2, -0.15) is 0 Å². The van der Waals surface area contributed by atoms with Crippen LogP contribution >= 0.6 is 28.3 Å². The minimum absolute atomic E-state index is 0. The molecule has 0 bridgehead atoms. The van der Waals surface area contributed by atoms with Crippen LogP contribution in [0.25, 0.3) is 0 Å². The first-order valence-corrected chi connectivity index (χ1v) is 5.41. The quantitative estimate of drug-likeness (QED) is 0.739. The van der Waals surface area contributed by atoms with Crippen molar-refractivity contribution >= 4 is 28.3 Å². The van der Waals surface area contributed by atoms with Crippen LogP contribution in [0.1, 0.15) is 17.2 Å². The molecule has 2 rings (SSSR count). The van der Waals surface area contributed by atoms with Gasteiger partial charge in [-0.3, -0.25) is 0 Å². The number of ether oxygens (including phenoxy) is 1. The smallest absolute Gasteiger partial charge is 0.172 e. The maximum atomic E-state index is 9.79. The lowest BCUT2D eigenvalue weighted by molar-refractivity contribution is 0.163. The van der Waals surface area contributed by atoms with Crippen LogP contribution in [0.4, 0.5) is 0 Å². The number of aliphatic hydroxyl groups excluding tert-OH is 1. The van der Waals surface area contributed by atoms with Crippen molar-refractivity contribution in [2.45, 2.75) is 12.6 Å². The monoisotopic (exact) mass is 309 g/mol. The van der Waals surface area contributed by atoms with Crippen molar-refractivity contribution in [2.75, 3.05) is 13.7 Å². The van der Waals surface area contributed by atoms with Crippen molar-refractivity contribution in [1.82, 2.24) is 5.32 Å². The Morgan fingerprint density at radius 3 is 2.88 bits per heavy atom. The highest BCUT2D eigenvalue weighted by atomic mass is 79.9. The number of nitrogens with one attached hydrogen (secondary N) is 1. The molecule has 0 saturated heterocycles. The SMILES string of the molecule is COc1cc2c(c(Br)c1O)C(O)CNC2.Cl. The molecule has 1 aliphatic rings. The van der Waals surface area contributed by atoms with E-state index in [-0.39, 0.29) is 18.2 Å². The summed E-state index contributed by atoms with van der Waals surface area (Å²) in [6, 6.07) is 1.74. The lowest BCUT2D eigenvalue weighted by Crippen LogP contribution is -2.28. The third kappa shape index (κ3) is 2.13. The van der Waals surface area contributed by atoms with E-state index < -0.39 is 6.10 Å². The number of aromatic hydroxyl groups is 1. The standard InChI is InChI=1S/C10H12BrNO3.ClH/c1-15-7-2-5-3-12-4-6(13)8(5)9(11)10(7)14;/h2,6,12-14H,3-4H2,1H3;1H. The zero-order valence-corrected chi connectivity index (χ0v) is 11.1. The molecular weight excluding hydrogens is 297 g/mol. The number of hydrogen-bond donors (Lipinski definition) is 3. The topological polar surface area (TPSA) is 61.7 Å². The molecule has 1 unspecified atom stereocenters. The largest absolute Gasteiger partial charge is 0.503 e. The number of methoxy groups -OCH3 is 1. The number of hydrogen-bond acceptors (Lipinski definition) is 4. The number of rotatable bonds is 1. The summed E-state index contributed by atoms with van der Waals surface area (Å²) < 4.78 is 5.56. The van der Waals surface area contributed by atoms with Crippen LogP contribution in [0.5, 0.6) is 11.5 Å². The maximum absolute atomic E-state index is 9.79. The van der Waals surface area contributed by atoms with Gasteiger partial charge in [-0.15, -0.1) is 12.4 Å². The van der Waals surface area contributed by atoms with Gasteiger partial charge < -0.3 is 20.3 Å². The maximum Gasteiger partial charge on any atom is 0.172 e. The minimum atomic E-state index is -0.597. The Balaban J connectivity index is 0.00000128. The molecule has 1 aliphatic heterocycles. The third-order valence-electron chi connectivity index (χ3n) is 2.54. The first-order chi connectivity index (χ1) is 7.15. The van der Waals surface area contributed by atoms with E-state index in [1.54, 1.807) is 6.07 Å². The summed E-state index contributed by atoms with van der Waals surface area (Å²) in [7, 11) is 1.50. The van der Waals surface area contributed by atoms with Crippen LogP contribution in [-0.4, -0.2) is 23.9 Å². The fourth-order valence-corrected chi connectivity index (χ4v) is 2.50. The van der Waals surface area contributed by atoms with Crippen LogP contribution in [0.15, 0.2) is 10.5 Å². The van der Waals surface area contributed by atoms with Gasteiger partial charge in [-0.1, -0.05) is 0 Å². The van der Waals surface area contributed by atoms with Crippen molar-refractivity contribution in [3.63, 3.8) is 0 Å². The molecule has 0 aromatic heterocycles. The molecule has 1 heterocycles. The average molecular weight is 311 g/mol. The molecule has 0 radical (unpaired) electrons. The molecule has 16 heavy (non-hydrogen) atoms. The lowest BCUT2D eigenvalue weighted by Gasteiger charge is -2.25. The number of halogens is 2. The van der Waals surface area contributed by atoms with Gasteiger partial charge in [0.1, 0.15) is 0 Å². The summed E-state index contributed by atoms with van der Waals surface area (Å²) in [4.78, 5) is 0. The van der Waals surface area contributed by atoms with E-state index >= 15 is 0 Å². The Labute approximate surface area is 108 Å². The molecule has 0 saturated carbocycles. The van der Waals surface area contributed by atoms with E-state index in [0.717, 1.165) is 11.1 Å². The van der Waals surface area contributed by atoms with E-state index in [9.17, 15) is 10.2 Å². The fraction of sp³-hybridized carbons (Fsp3) is 0.400. The van der Waals surface area contributed by atoms with Crippen molar-refractivity contribution in [3.05, 3.63) is 21.7 Å². The van der Waals surface area contributed by atoms with Crippen LogP contribution in [0, 0.1) is 0 Å². The summed E-state index contributed by atoms with van der Waals surface area (Å²) >= 11 is 3.28. The van der Waals surface area contributed by atoms with Crippen LogP contribution in [0.3, 0.4) is 0 Å². The van der Waals surface area contributed by atoms with E-state index in [2.05, 4.69) is 21.2 Å². The summed E-state index contributed by atoms with van der Waals surface area (Å²) in [6.45, 7) is 1.17. The van der Waals surface area contributed by atoms with Gasteiger partial charge in [-0.05, 0) is 27.6 Å². The van der Waals surface area contributed by atoms with Gasteiger partial charge >= 0.3 is 0 Å². The van der Waals surface area contributed by atoms with Gasteiger partial charge in [-0.25, -0.2) is 0 Å². The summed E-state index contributed by atoms with van der Waals surface area (Å²) in [5.74, 6) is 0.453. The molecule has 0 fully saturated rings. The molecule has 0 spiro atoms. The molecule has 90 valence electrons. The highest BCUT2D eigenvalue weighted by molar-refractivity contribution is 9.10. The summed E-state index contributed by atoms with van der Waals surface area (Å²) in [6.07, 6.45) is -0.597. The molecular formula is C10H13BrClNO3. The van der Waals surface area contributed by atoms with Crippen LogP contribution in [0.2, 0.25) is 0 Å². The first-order valence-electron chi connectivity index (χ1n) is 4.62. The van der Waals surface area contributed by atoms with E-state index in [1.807, 2.05) is 0 Å². The average Bonchev–Trinajstić information content (AvgIpc) is 2.23. The Kier molecular flexibility index (Phi) is 4.43. The fourth-order valence-electron chi connectivity index (χ4n) is 1.79. The Morgan fingerprint density at radius 2 is 2.25 bits per heavy atom. The van der Waals surface area contributed by atoms with Crippen molar-refractivity contribution in [3.8, 4) is 11.5 Å². The zero-order chi connectivity index (χ0) is 11.0. The van der Waals surface area contributed by atoms with Crippen molar-refractivity contribution in [2.24, 2.45) is 0 Å². The summed E-state index contributed by atoms with van der Waals surface area (Å²) in [5.41, 5.74) is 1.68. The second kappa shape index (κ2) is 5.23. The van der Waals surface area contributed by atoms with Crippen LogP contribution in [-0.2, 0) is 6.54 Å². The Hall–Kier alpha value is -0.490. The number of aliphatic hydroxyl groups is 1. The number of phenols is 1. The minimum Gasteiger partial charge on any atom is -0.503 e. The highest BCUT2D eigenvalue weighted by Gasteiger charge is 2.24. The number of β-amino-alcohol motifs (C(OH)–C–C–N with tert-alkyl or cyclic N) is 1. The summed E-state index contributed by atoms with van der Waals surface area (Å²) in [5, 5.41) is 22.6. The molecule has 0 aliphatic carbocycles. The molecule has 0 amide bonds. The lowest BCUT2D eigenvalue weighted by atomic mass is 9.98. The number of fused-ring (bicyclic) bond motifs is 1. The number of phenolic OH excluding ortho intramolecular Hbond substituents is 1. The van der Waals surface area contributed by atoms with Gasteiger partial charge in [0.05, 0.1) is 17.7 Å². The highest BCUT2D eigenvalue weighted by Crippen LogP contribution is 2.42. The second-order valence-corrected chi connectivity index (χ2v) is 4.25. The van der Waals surface area contributed by atoms with Crippen molar-refractivity contribution in [1.29, 1.82) is 0 Å². The first kappa shape index (κ1) is 13.6. The molecule has 6 heteroatoms. The number of benzene rings is 1. The molecule has 1 atom stereocenters. The van der Waals surface area contributed by atoms with Gasteiger partial charge in [0.15, 0.2) is 11.5 Å². The van der Waals surface area contributed by atoms with Gasteiger partial charge in [0.2, 0.25) is 0 Å². The predicted octanol–water partition coefficient (Wildman–Crippen LogP) is 1.72. The van der Waals surface area contributed by atoms with Gasteiger partial charge in [0, 0.05) is 18.7 Å². The third-order valence-corrected chi connectivity index (χ3v) is 3.34. The second-order valence-electron chi connectivity index (χ2n) is 3.46. The molecule has 4 nitrogen and oxygen atoms in total. The van der Waals surface area contributed by atoms with Gasteiger partial charge in [0.25, 0.3) is 0 Å². The van der Waals surface area contributed by atoms with Crippen molar-refractivity contribution < 1.29 is 14.9 Å². The normalized spacial score (nSPS) is 18.6. The van der Waals surface area contributed by atoms with Crippen LogP contribution < -0.4 is 10.1 Å². The van der Waals surface area contributed by atoms with E-state index in [0.29, 0.717) is 23.3 Å². The zero-order valence-electron chi connectivity index (χ0n) is 8.66.